The highest BCUT2D eigenvalue weighted by Crippen LogP contribution is 2.34. The molecule has 0 fully saturated rings. The molecule has 23 heavy (non-hydrogen) atoms. The molecule has 3 aromatic rings. The first-order valence-electron chi connectivity index (χ1n) is 7.89. The summed E-state index contributed by atoms with van der Waals surface area (Å²) in [5.74, 6) is 0.00864. The molecule has 3 rings (SSSR count). The van der Waals surface area contributed by atoms with Crippen molar-refractivity contribution < 1.29 is 4.79 Å². The van der Waals surface area contributed by atoms with E-state index in [0.29, 0.717) is 0 Å². The zero-order valence-corrected chi connectivity index (χ0v) is 14.0. The number of rotatable bonds is 6. The lowest BCUT2D eigenvalue weighted by Crippen LogP contribution is -2.24. The zero-order chi connectivity index (χ0) is 16.1. The lowest BCUT2D eigenvalue weighted by atomic mass is 10.1. The van der Waals surface area contributed by atoms with Crippen LogP contribution in [0.15, 0.2) is 60.2 Å². The van der Waals surface area contributed by atoms with E-state index in [-0.39, 0.29) is 5.91 Å². The number of aromatic nitrogens is 1. The van der Waals surface area contributed by atoms with Gasteiger partial charge in [0.2, 0.25) is 0 Å². The molecule has 0 aliphatic rings. The molecule has 0 radical (unpaired) electrons. The predicted molar refractivity (Wildman–Crippen MR) is 96.3 cm³/mol. The second-order valence-electron chi connectivity index (χ2n) is 5.39. The fourth-order valence-electron chi connectivity index (χ4n) is 2.53. The Labute approximate surface area is 140 Å². The number of unbranched alkanes of at least 4 members (excludes halogenated alkanes) is 1. The van der Waals surface area contributed by atoms with E-state index in [2.05, 4.69) is 29.8 Å². The number of benzene rings is 1. The molecule has 0 spiro atoms. The molecular weight excluding hydrogens is 304 g/mol. The van der Waals surface area contributed by atoms with E-state index < -0.39 is 0 Å². The van der Waals surface area contributed by atoms with Crippen molar-refractivity contribution in [3.05, 3.63) is 65.1 Å². The molecule has 0 saturated heterocycles. The summed E-state index contributed by atoms with van der Waals surface area (Å²) in [7, 11) is 0. The van der Waals surface area contributed by atoms with Crippen LogP contribution in [0.3, 0.4) is 0 Å². The number of hydrogen-bond donors (Lipinski definition) is 1. The molecule has 1 amide bonds. The number of nitrogens with one attached hydrogen (secondary N) is 1. The van der Waals surface area contributed by atoms with Gasteiger partial charge in [0.05, 0.1) is 5.69 Å². The van der Waals surface area contributed by atoms with Crippen molar-refractivity contribution in [1.82, 2.24) is 9.88 Å². The summed E-state index contributed by atoms with van der Waals surface area (Å²) in [5, 5.41) is 5.09. The highest BCUT2D eigenvalue weighted by atomic mass is 32.1. The second kappa shape index (κ2) is 7.29. The molecule has 0 aliphatic carbocycles. The largest absolute Gasteiger partial charge is 0.351 e. The second-order valence-corrected chi connectivity index (χ2v) is 6.27. The molecule has 0 saturated carbocycles. The van der Waals surface area contributed by atoms with Crippen molar-refractivity contribution in [3.8, 4) is 16.8 Å². The van der Waals surface area contributed by atoms with Crippen molar-refractivity contribution in [2.24, 2.45) is 0 Å². The van der Waals surface area contributed by atoms with Crippen LogP contribution in [0.25, 0.3) is 16.8 Å². The van der Waals surface area contributed by atoms with E-state index in [9.17, 15) is 4.79 Å². The van der Waals surface area contributed by atoms with Crippen LogP contribution in [0, 0.1) is 0 Å². The molecule has 118 valence electrons. The minimum absolute atomic E-state index is 0.00864. The molecule has 2 aromatic heterocycles. The minimum atomic E-state index is 0.00864. The molecule has 0 unspecified atom stereocenters. The van der Waals surface area contributed by atoms with Crippen molar-refractivity contribution in [2.45, 2.75) is 19.8 Å². The van der Waals surface area contributed by atoms with Crippen LogP contribution < -0.4 is 5.32 Å². The first-order chi connectivity index (χ1) is 11.3. The Morgan fingerprint density at radius 1 is 1.13 bits per heavy atom. The summed E-state index contributed by atoms with van der Waals surface area (Å²) in [5.41, 5.74) is 3.17. The average Bonchev–Trinajstić information content (AvgIpc) is 3.24. The zero-order valence-electron chi connectivity index (χ0n) is 13.2. The predicted octanol–water partition coefficient (Wildman–Crippen LogP) is 4.74. The van der Waals surface area contributed by atoms with Gasteiger partial charge < -0.3 is 9.88 Å². The van der Waals surface area contributed by atoms with E-state index in [0.717, 1.165) is 41.1 Å². The third-order valence-electron chi connectivity index (χ3n) is 3.73. The quantitative estimate of drug-likeness (QED) is 0.653. The van der Waals surface area contributed by atoms with Crippen LogP contribution in [-0.4, -0.2) is 17.0 Å². The van der Waals surface area contributed by atoms with Gasteiger partial charge in [-0.05, 0) is 24.1 Å². The molecule has 2 heterocycles. The third-order valence-corrected chi connectivity index (χ3v) is 4.70. The molecule has 1 aromatic carbocycles. The molecule has 0 bridgehead atoms. The standard InChI is InChI=1S/C19H20N2OS/c1-2-3-11-20-19(22)18-17(21-12-7-8-13-21)16(14-23-18)15-9-5-4-6-10-15/h4-10,12-14H,2-3,11H2,1H3,(H,20,22). The fourth-order valence-corrected chi connectivity index (χ4v) is 3.52. The topological polar surface area (TPSA) is 34.0 Å². The molecule has 0 atom stereocenters. The van der Waals surface area contributed by atoms with Crippen molar-refractivity contribution in [1.29, 1.82) is 0 Å². The maximum absolute atomic E-state index is 12.6. The average molecular weight is 324 g/mol. The summed E-state index contributed by atoms with van der Waals surface area (Å²) in [6.07, 6.45) is 6.04. The van der Waals surface area contributed by atoms with Crippen LogP contribution in [-0.2, 0) is 0 Å². The number of amides is 1. The lowest BCUT2D eigenvalue weighted by Gasteiger charge is -2.10. The first-order valence-corrected chi connectivity index (χ1v) is 8.77. The summed E-state index contributed by atoms with van der Waals surface area (Å²) in [4.78, 5) is 13.3. The van der Waals surface area contributed by atoms with Gasteiger partial charge >= 0.3 is 0 Å². The smallest absolute Gasteiger partial charge is 0.263 e. The van der Waals surface area contributed by atoms with Crippen LogP contribution in [0.5, 0.6) is 0 Å². The Kier molecular flexibility index (Phi) is 4.93. The maximum Gasteiger partial charge on any atom is 0.263 e. The van der Waals surface area contributed by atoms with E-state index in [1.54, 1.807) is 0 Å². The van der Waals surface area contributed by atoms with Gasteiger partial charge in [-0.15, -0.1) is 11.3 Å². The van der Waals surface area contributed by atoms with Gasteiger partial charge in [0, 0.05) is 29.9 Å². The summed E-state index contributed by atoms with van der Waals surface area (Å²) in [6.45, 7) is 2.84. The van der Waals surface area contributed by atoms with E-state index >= 15 is 0 Å². The molecule has 0 aliphatic heterocycles. The molecule has 1 N–H and O–H groups in total. The third kappa shape index (κ3) is 3.37. The van der Waals surface area contributed by atoms with Gasteiger partial charge in [0.1, 0.15) is 4.88 Å². The molecule has 3 nitrogen and oxygen atoms in total. The number of carbonyl (C=O) groups is 1. The number of nitrogens with zero attached hydrogens (tertiary/aromatic N) is 1. The van der Waals surface area contributed by atoms with E-state index in [1.165, 1.54) is 11.3 Å². The highest BCUT2D eigenvalue weighted by Gasteiger charge is 2.19. The van der Waals surface area contributed by atoms with Gasteiger partial charge in [-0.1, -0.05) is 43.7 Å². The van der Waals surface area contributed by atoms with Gasteiger partial charge in [-0.2, -0.15) is 0 Å². The Morgan fingerprint density at radius 2 is 1.87 bits per heavy atom. The van der Waals surface area contributed by atoms with Crippen molar-refractivity contribution in [2.75, 3.05) is 6.54 Å². The monoisotopic (exact) mass is 324 g/mol. The molecule has 4 heteroatoms. The SMILES string of the molecule is CCCCNC(=O)c1scc(-c2ccccc2)c1-n1cccc1. The van der Waals surface area contributed by atoms with Crippen molar-refractivity contribution in [3.63, 3.8) is 0 Å². The maximum atomic E-state index is 12.6. The van der Waals surface area contributed by atoms with Crippen LogP contribution in [0.2, 0.25) is 0 Å². The Bertz CT molecular complexity index is 760. The Balaban J connectivity index is 2.01. The Hall–Kier alpha value is -2.33. The minimum Gasteiger partial charge on any atom is -0.351 e. The summed E-state index contributed by atoms with van der Waals surface area (Å²) in [6, 6.07) is 14.2. The first kappa shape index (κ1) is 15.6. The Morgan fingerprint density at radius 3 is 2.57 bits per heavy atom. The van der Waals surface area contributed by atoms with Crippen LogP contribution >= 0.6 is 11.3 Å². The van der Waals surface area contributed by atoms with E-state index in [4.69, 9.17) is 0 Å². The summed E-state index contributed by atoms with van der Waals surface area (Å²) < 4.78 is 2.02. The fraction of sp³-hybridized carbons (Fsp3) is 0.211. The van der Waals surface area contributed by atoms with E-state index in [1.807, 2.05) is 47.3 Å². The number of thiophene rings is 1. The summed E-state index contributed by atoms with van der Waals surface area (Å²) >= 11 is 1.50. The number of hydrogen-bond acceptors (Lipinski definition) is 2. The van der Waals surface area contributed by atoms with Gasteiger partial charge in [-0.3, -0.25) is 4.79 Å². The normalized spacial score (nSPS) is 10.7. The number of carbonyl (C=O) groups excluding carboxylic acids is 1. The molecular formula is C19H20N2OS. The van der Waals surface area contributed by atoms with Gasteiger partial charge in [0.15, 0.2) is 0 Å². The van der Waals surface area contributed by atoms with Crippen LogP contribution in [0.4, 0.5) is 0 Å². The van der Waals surface area contributed by atoms with Crippen molar-refractivity contribution >= 4 is 17.2 Å². The van der Waals surface area contributed by atoms with Gasteiger partial charge in [0.25, 0.3) is 5.91 Å². The van der Waals surface area contributed by atoms with Crippen LogP contribution in [0.1, 0.15) is 29.4 Å². The highest BCUT2D eigenvalue weighted by molar-refractivity contribution is 7.13. The lowest BCUT2D eigenvalue weighted by molar-refractivity contribution is 0.0957. The van der Waals surface area contributed by atoms with Gasteiger partial charge in [-0.25, -0.2) is 0 Å².